The van der Waals surface area contributed by atoms with Crippen LogP contribution in [0.3, 0.4) is 0 Å². The highest BCUT2D eigenvalue weighted by atomic mass is 16.1. The first-order valence-corrected chi connectivity index (χ1v) is 9.89. The number of rotatable bonds is 6. The highest BCUT2D eigenvalue weighted by Crippen LogP contribution is 2.17. The summed E-state index contributed by atoms with van der Waals surface area (Å²) in [5, 5.41) is 15.3. The minimum Gasteiger partial charge on any atom is -0.378 e. The summed E-state index contributed by atoms with van der Waals surface area (Å²) < 4.78 is 3.40. The Labute approximate surface area is 173 Å². The molecule has 30 heavy (non-hydrogen) atoms. The molecule has 2 aromatic carbocycles. The minimum absolute atomic E-state index is 0.0122. The molecule has 2 N–H and O–H groups in total. The van der Waals surface area contributed by atoms with Gasteiger partial charge in [0, 0.05) is 24.8 Å². The summed E-state index contributed by atoms with van der Waals surface area (Å²) in [6.07, 6.45) is 0.496. The van der Waals surface area contributed by atoms with Gasteiger partial charge in [0.2, 0.25) is 11.7 Å². The van der Waals surface area contributed by atoms with Crippen molar-refractivity contribution in [2.75, 3.05) is 10.6 Å². The number of aryl methyl sites for hydroxylation is 1. The third kappa shape index (κ3) is 3.76. The quantitative estimate of drug-likeness (QED) is 0.515. The van der Waals surface area contributed by atoms with Crippen molar-refractivity contribution in [2.45, 2.75) is 26.8 Å². The molecule has 0 saturated heterocycles. The minimum atomic E-state index is -0.0971. The number of hydrogen-bond acceptors (Lipinski definition) is 5. The van der Waals surface area contributed by atoms with Crippen LogP contribution in [-0.2, 0) is 18.4 Å². The molecule has 0 spiro atoms. The molecule has 0 aliphatic rings. The van der Waals surface area contributed by atoms with Gasteiger partial charge in [-0.2, -0.15) is 0 Å². The van der Waals surface area contributed by atoms with Gasteiger partial charge >= 0.3 is 0 Å². The highest BCUT2D eigenvalue weighted by Gasteiger charge is 2.14. The van der Waals surface area contributed by atoms with E-state index in [0.29, 0.717) is 35.9 Å². The summed E-state index contributed by atoms with van der Waals surface area (Å²) in [5.41, 5.74) is 2.34. The number of hydrogen-bond donors (Lipinski definition) is 2. The van der Waals surface area contributed by atoms with E-state index < -0.39 is 0 Å². The van der Waals surface area contributed by atoms with Crippen molar-refractivity contribution in [3.63, 3.8) is 0 Å². The lowest BCUT2D eigenvalue weighted by molar-refractivity contribution is -0.116. The maximum Gasteiger partial charge on any atom is 0.262 e. The van der Waals surface area contributed by atoms with Crippen molar-refractivity contribution >= 4 is 34.0 Å². The fourth-order valence-corrected chi connectivity index (χ4v) is 3.44. The lowest BCUT2D eigenvalue weighted by atomic mass is 10.1. The Balaban J connectivity index is 1.55. The molecule has 1 amide bonds. The van der Waals surface area contributed by atoms with Crippen LogP contribution in [0.25, 0.3) is 16.7 Å². The molecule has 4 rings (SSSR count). The lowest BCUT2D eigenvalue weighted by Gasteiger charge is -2.10. The zero-order valence-electron chi connectivity index (χ0n) is 17.2. The zero-order valence-corrected chi connectivity index (χ0v) is 17.2. The third-order valence-corrected chi connectivity index (χ3v) is 4.91. The van der Waals surface area contributed by atoms with Gasteiger partial charge in [0.1, 0.15) is 0 Å². The molecule has 4 aromatic rings. The topological polar surface area (TPSA) is 93.3 Å². The molecule has 0 fully saturated rings. The molecular formula is C22H24N6O2. The van der Waals surface area contributed by atoms with E-state index in [4.69, 9.17) is 0 Å². The van der Waals surface area contributed by atoms with E-state index in [0.717, 1.165) is 16.9 Å². The average molecular weight is 404 g/mol. The molecule has 0 radical (unpaired) electrons. The van der Waals surface area contributed by atoms with E-state index in [1.165, 1.54) is 4.57 Å². The second kappa shape index (κ2) is 7.98. The normalized spacial score (nSPS) is 11.3. The second-order valence-electron chi connectivity index (χ2n) is 7.71. The average Bonchev–Trinajstić information content (AvgIpc) is 3.15. The first-order chi connectivity index (χ1) is 14.4. The molecule has 8 nitrogen and oxygen atoms in total. The van der Waals surface area contributed by atoms with Crippen molar-refractivity contribution in [2.24, 2.45) is 13.0 Å². The Bertz CT molecular complexity index is 1270. The Morgan fingerprint density at radius 1 is 1.03 bits per heavy atom. The standard InChI is InChI=1S/C22H24N6O2/c1-14(2)12-20(29)24-16-10-8-15(9-11-16)23-13-19-25-26-22-27(3)21(30)17-6-4-5-7-18(17)28(19)22/h4-11,14,23H,12-13H2,1-3H3,(H,24,29). The number of nitrogens with one attached hydrogen (secondary N) is 2. The van der Waals surface area contributed by atoms with Crippen LogP contribution in [0.4, 0.5) is 11.4 Å². The van der Waals surface area contributed by atoms with Crippen molar-refractivity contribution < 1.29 is 4.79 Å². The van der Waals surface area contributed by atoms with Crippen molar-refractivity contribution in [3.05, 3.63) is 64.7 Å². The fraction of sp³-hybridized carbons (Fsp3) is 0.273. The van der Waals surface area contributed by atoms with Crippen LogP contribution >= 0.6 is 0 Å². The van der Waals surface area contributed by atoms with Crippen molar-refractivity contribution in [3.8, 4) is 0 Å². The molecule has 2 aromatic heterocycles. The van der Waals surface area contributed by atoms with Gasteiger partial charge in [0.05, 0.1) is 17.4 Å². The number of carbonyl (C=O) groups excluding carboxylic acids is 1. The molecule has 2 heterocycles. The van der Waals surface area contributed by atoms with E-state index >= 15 is 0 Å². The molecule has 154 valence electrons. The highest BCUT2D eigenvalue weighted by molar-refractivity contribution is 5.91. The van der Waals surface area contributed by atoms with Crippen molar-refractivity contribution in [1.82, 2.24) is 19.2 Å². The van der Waals surface area contributed by atoms with Gasteiger partial charge in [-0.15, -0.1) is 10.2 Å². The predicted molar refractivity (Wildman–Crippen MR) is 118 cm³/mol. The Morgan fingerprint density at radius 2 is 1.73 bits per heavy atom. The van der Waals surface area contributed by atoms with Gasteiger partial charge in [-0.05, 0) is 42.3 Å². The number of aromatic nitrogens is 4. The van der Waals surface area contributed by atoms with E-state index in [-0.39, 0.29) is 11.5 Å². The first kappa shape index (κ1) is 19.6. The maximum atomic E-state index is 12.5. The number of nitrogens with zero attached hydrogens (tertiary/aromatic N) is 4. The molecule has 0 unspecified atom stereocenters. The number of benzene rings is 2. The summed E-state index contributed by atoms with van der Waals surface area (Å²) in [6, 6.07) is 15.0. The molecule has 0 aliphatic carbocycles. The van der Waals surface area contributed by atoms with Crippen LogP contribution in [-0.4, -0.2) is 25.1 Å². The van der Waals surface area contributed by atoms with Gasteiger partial charge in [-0.25, -0.2) is 0 Å². The largest absolute Gasteiger partial charge is 0.378 e. The van der Waals surface area contributed by atoms with Crippen LogP contribution in [0.5, 0.6) is 0 Å². The van der Waals surface area contributed by atoms with E-state index in [9.17, 15) is 9.59 Å². The predicted octanol–water partition coefficient (Wildman–Crippen LogP) is 3.18. The Morgan fingerprint density at radius 3 is 2.47 bits per heavy atom. The second-order valence-corrected chi connectivity index (χ2v) is 7.71. The third-order valence-electron chi connectivity index (χ3n) is 4.91. The van der Waals surface area contributed by atoms with Gasteiger partial charge in [0.25, 0.3) is 5.56 Å². The number of carbonyl (C=O) groups is 1. The van der Waals surface area contributed by atoms with Crippen LogP contribution < -0.4 is 16.2 Å². The van der Waals surface area contributed by atoms with E-state index in [2.05, 4.69) is 20.8 Å². The Hall–Kier alpha value is -3.68. The van der Waals surface area contributed by atoms with E-state index in [1.54, 1.807) is 13.1 Å². The number of anilines is 2. The molecule has 0 atom stereocenters. The van der Waals surface area contributed by atoms with Crippen LogP contribution in [0.15, 0.2) is 53.3 Å². The lowest BCUT2D eigenvalue weighted by Crippen LogP contribution is -2.20. The summed E-state index contributed by atoms with van der Waals surface area (Å²) >= 11 is 0. The molecule has 0 saturated carbocycles. The summed E-state index contributed by atoms with van der Waals surface area (Å²) in [7, 11) is 1.70. The number of para-hydroxylation sites is 1. The van der Waals surface area contributed by atoms with Gasteiger partial charge in [-0.3, -0.25) is 18.6 Å². The first-order valence-electron chi connectivity index (χ1n) is 9.89. The van der Waals surface area contributed by atoms with Crippen molar-refractivity contribution in [1.29, 1.82) is 0 Å². The smallest absolute Gasteiger partial charge is 0.262 e. The molecule has 0 bridgehead atoms. The van der Waals surface area contributed by atoms with Crippen LogP contribution in [0.2, 0.25) is 0 Å². The van der Waals surface area contributed by atoms with Gasteiger partial charge in [0.15, 0.2) is 5.82 Å². The van der Waals surface area contributed by atoms with Gasteiger partial charge in [-0.1, -0.05) is 26.0 Å². The summed E-state index contributed by atoms with van der Waals surface area (Å²) in [5.74, 6) is 1.53. The SMILES string of the molecule is CC(C)CC(=O)Nc1ccc(NCc2nnc3n(C)c(=O)c4ccccc4n23)cc1. The maximum absolute atomic E-state index is 12.5. The monoisotopic (exact) mass is 404 g/mol. The number of amides is 1. The van der Waals surface area contributed by atoms with Crippen LogP contribution in [0, 0.1) is 5.92 Å². The molecule has 8 heteroatoms. The fourth-order valence-electron chi connectivity index (χ4n) is 3.44. The summed E-state index contributed by atoms with van der Waals surface area (Å²) in [4.78, 5) is 24.4. The van der Waals surface area contributed by atoms with Crippen LogP contribution in [0.1, 0.15) is 26.1 Å². The molecular weight excluding hydrogens is 380 g/mol. The molecule has 0 aliphatic heterocycles. The Kier molecular flexibility index (Phi) is 5.22. The van der Waals surface area contributed by atoms with E-state index in [1.807, 2.05) is 60.7 Å². The number of fused-ring (bicyclic) bond motifs is 3. The zero-order chi connectivity index (χ0) is 21.3. The van der Waals surface area contributed by atoms with Gasteiger partial charge < -0.3 is 10.6 Å². The summed E-state index contributed by atoms with van der Waals surface area (Å²) in [6.45, 7) is 4.46.